The molecule has 0 spiro atoms. The maximum absolute atomic E-state index is 11.9. The molecule has 0 radical (unpaired) electrons. The Morgan fingerprint density at radius 1 is 0.792 bits per heavy atom. The normalized spacial score (nSPS) is 11.0. The second-order valence-corrected chi connectivity index (χ2v) is 5.65. The van der Waals surface area contributed by atoms with E-state index in [0.29, 0.717) is 17.3 Å². The summed E-state index contributed by atoms with van der Waals surface area (Å²) in [6, 6.07) is 18.6. The van der Waals surface area contributed by atoms with Crippen molar-refractivity contribution in [2.45, 2.75) is 0 Å². The monoisotopic (exact) mass is 335 g/mol. The van der Waals surface area contributed by atoms with E-state index < -0.39 is 10.9 Å². The maximum atomic E-state index is 11.9. The van der Waals surface area contributed by atoms with Crippen molar-refractivity contribution < 1.29 is 4.42 Å². The van der Waals surface area contributed by atoms with Crippen molar-refractivity contribution in [1.82, 2.24) is 4.98 Å². The minimum absolute atomic E-state index is 0.0925. The molecule has 1 heterocycles. The van der Waals surface area contributed by atoms with Crippen LogP contribution in [0.1, 0.15) is 0 Å². The molecular formula is C19H10ClNO3. The molecule has 0 unspecified atom stereocenters. The maximum Gasteiger partial charge on any atom is 0.245 e. The van der Waals surface area contributed by atoms with Crippen LogP contribution in [0.4, 0.5) is 0 Å². The highest BCUT2D eigenvalue weighted by molar-refractivity contribution is 6.34. The molecule has 4 aromatic rings. The Kier molecular flexibility index (Phi) is 3.40. The molecule has 0 atom stereocenters. The van der Waals surface area contributed by atoms with Gasteiger partial charge in [0.15, 0.2) is 5.76 Å². The fourth-order valence-electron chi connectivity index (χ4n) is 2.55. The zero-order valence-corrected chi connectivity index (χ0v) is 13.1. The van der Waals surface area contributed by atoms with Crippen LogP contribution in [0.5, 0.6) is 0 Å². The standard InChI is InChI=1S/C19H10ClNO3/c20-14-13(16(22)17(14)23)15-18(11-7-3-1-4-8-11)24-19(21-15)12-9-5-2-6-10-12/h1-10H. The second-order valence-electron chi connectivity index (χ2n) is 5.28. The first-order valence-corrected chi connectivity index (χ1v) is 7.65. The van der Waals surface area contributed by atoms with E-state index in [2.05, 4.69) is 4.98 Å². The Bertz CT molecular complexity index is 1090. The molecule has 116 valence electrons. The van der Waals surface area contributed by atoms with Gasteiger partial charge < -0.3 is 4.42 Å². The molecule has 0 N–H and O–H groups in total. The quantitative estimate of drug-likeness (QED) is 0.532. The summed E-state index contributed by atoms with van der Waals surface area (Å²) < 4.78 is 5.91. The highest BCUT2D eigenvalue weighted by Crippen LogP contribution is 2.36. The lowest BCUT2D eigenvalue weighted by atomic mass is 10.0. The Balaban J connectivity index is 1.97. The summed E-state index contributed by atoms with van der Waals surface area (Å²) >= 11 is 5.94. The van der Waals surface area contributed by atoms with E-state index in [1.807, 2.05) is 60.7 Å². The number of aromatic nitrogens is 1. The molecule has 1 aromatic heterocycles. The van der Waals surface area contributed by atoms with Gasteiger partial charge in [-0.15, -0.1) is 0 Å². The molecule has 0 saturated heterocycles. The molecule has 0 aliphatic heterocycles. The van der Waals surface area contributed by atoms with Gasteiger partial charge in [-0.05, 0) is 12.1 Å². The fraction of sp³-hybridized carbons (Fsp3) is 0. The summed E-state index contributed by atoms with van der Waals surface area (Å²) in [5.41, 5.74) is 0.628. The minimum atomic E-state index is -0.685. The van der Waals surface area contributed by atoms with Crippen molar-refractivity contribution in [2.75, 3.05) is 0 Å². The van der Waals surface area contributed by atoms with Crippen molar-refractivity contribution in [1.29, 1.82) is 0 Å². The predicted octanol–water partition coefficient (Wildman–Crippen LogP) is 3.93. The molecule has 0 bridgehead atoms. The molecular weight excluding hydrogens is 326 g/mol. The van der Waals surface area contributed by atoms with E-state index in [0.717, 1.165) is 11.1 Å². The SMILES string of the molecule is O=c1c(Cl)c(-c2nc(-c3ccccc3)oc2-c2ccccc2)c1=O. The minimum Gasteiger partial charge on any atom is -0.435 e. The van der Waals surface area contributed by atoms with Crippen molar-refractivity contribution >= 4 is 11.6 Å². The van der Waals surface area contributed by atoms with Gasteiger partial charge in [0.1, 0.15) is 10.7 Å². The van der Waals surface area contributed by atoms with Gasteiger partial charge in [-0.2, -0.15) is 0 Å². The number of benzene rings is 2. The van der Waals surface area contributed by atoms with E-state index in [1.54, 1.807) is 0 Å². The zero-order valence-electron chi connectivity index (χ0n) is 12.3. The topological polar surface area (TPSA) is 60.2 Å². The van der Waals surface area contributed by atoms with Gasteiger partial charge in [-0.25, -0.2) is 4.98 Å². The van der Waals surface area contributed by atoms with Gasteiger partial charge in [-0.1, -0.05) is 60.1 Å². The van der Waals surface area contributed by atoms with Gasteiger partial charge >= 0.3 is 0 Å². The van der Waals surface area contributed by atoms with Crippen molar-refractivity contribution in [3.05, 3.63) is 86.1 Å². The molecule has 0 aliphatic carbocycles. The highest BCUT2D eigenvalue weighted by atomic mass is 35.5. The second kappa shape index (κ2) is 5.58. The van der Waals surface area contributed by atoms with Crippen LogP contribution >= 0.6 is 11.6 Å². The number of nitrogens with zero attached hydrogens (tertiary/aromatic N) is 1. The van der Waals surface area contributed by atoms with E-state index in [1.165, 1.54) is 0 Å². The van der Waals surface area contributed by atoms with Crippen LogP contribution in [-0.2, 0) is 0 Å². The van der Waals surface area contributed by atoms with E-state index in [-0.39, 0.29) is 10.6 Å². The van der Waals surface area contributed by atoms with E-state index in [9.17, 15) is 9.59 Å². The number of hydrogen-bond donors (Lipinski definition) is 0. The van der Waals surface area contributed by atoms with Gasteiger partial charge in [0.25, 0.3) is 0 Å². The average molecular weight is 336 g/mol. The number of hydrogen-bond acceptors (Lipinski definition) is 4. The Labute approximate surface area is 141 Å². The lowest BCUT2D eigenvalue weighted by molar-refractivity contribution is 0.589. The summed E-state index contributed by atoms with van der Waals surface area (Å²) in [4.78, 5) is 27.8. The van der Waals surface area contributed by atoms with Crippen LogP contribution in [0.25, 0.3) is 34.0 Å². The lowest BCUT2D eigenvalue weighted by Crippen LogP contribution is -2.33. The molecule has 5 heteroatoms. The van der Waals surface area contributed by atoms with Crippen LogP contribution in [0.15, 0.2) is 74.7 Å². The summed E-state index contributed by atoms with van der Waals surface area (Å²) in [6.07, 6.45) is 0. The van der Waals surface area contributed by atoms with E-state index >= 15 is 0 Å². The molecule has 3 aromatic carbocycles. The van der Waals surface area contributed by atoms with Crippen LogP contribution in [0, 0.1) is 0 Å². The van der Waals surface area contributed by atoms with Crippen LogP contribution in [0.2, 0.25) is 5.02 Å². The average Bonchev–Trinajstić information content (AvgIpc) is 3.07. The molecule has 4 nitrogen and oxygen atoms in total. The van der Waals surface area contributed by atoms with Gasteiger partial charge in [0.05, 0.1) is 5.56 Å². The molecule has 0 fully saturated rings. The third-order valence-corrected chi connectivity index (χ3v) is 4.13. The third-order valence-electron chi connectivity index (χ3n) is 3.77. The Morgan fingerprint density at radius 3 is 1.96 bits per heavy atom. The highest BCUT2D eigenvalue weighted by Gasteiger charge is 2.28. The van der Waals surface area contributed by atoms with Crippen molar-refractivity contribution in [3.8, 4) is 34.0 Å². The van der Waals surface area contributed by atoms with Crippen molar-refractivity contribution in [3.63, 3.8) is 0 Å². The summed E-state index contributed by atoms with van der Waals surface area (Å²) in [7, 11) is 0. The molecule has 24 heavy (non-hydrogen) atoms. The Morgan fingerprint density at radius 2 is 1.38 bits per heavy atom. The molecule has 4 rings (SSSR count). The zero-order chi connectivity index (χ0) is 16.7. The molecule has 0 aliphatic rings. The van der Waals surface area contributed by atoms with Gasteiger partial charge in [-0.3, -0.25) is 9.59 Å². The van der Waals surface area contributed by atoms with Crippen LogP contribution in [0.3, 0.4) is 0 Å². The molecule has 0 saturated carbocycles. The number of halogens is 1. The summed E-state index contributed by atoms with van der Waals surface area (Å²) in [5.74, 6) is 0.789. The Hall–Kier alpha value is -2.98. The van der Waals surface area contributed by atoms with Gasteiger partial charge in [0.2, 0.25) is 16.7 Å². The first kappa shape index (κ1) is 14.6. The smallest absolute Gasteiger partial charge is 0.245 e. The molecule has 0 amide bonds. The summed E-state index contributed by atoms with van der Waals surface area (Å²) in [6.45, 7) is 0. The predicted molar refractivity (Wildman–Crippen MR) is 92.7 cm³/mol. The largest absolute Gasteiger partial charge is 0.435 e. The fourth-order valence-corrected chi connectivity index (χ4v) is 2.82. The number of rotatable bonds is 3. The summed E-state index contributed by atoms with van der Waals surface area (Å²) in [5, 5.41) is -0.0925. The van der Waals surface area contributed by atoms with Crippen molar-refractivity contribution in [2.24, 2.45) is 0 Å². The first-order chi connectivity index (χ1) is 11.7. The van der Waals surface area contributed by atoms with Crippen LogP contribution in [-0.4, -0.2) is 4.98 Å². The lowest BCUT2D eigenvalue weighted by Gasteiger charge is -2.04. The van der Waals surface area contributed by atoms with Crippen LogP contribution < -0.4 is 10.9 Å². The number of oxazole rings is 1. The van der Waals surface area contributed by atoms with Gasteiger partial charge in [0, 0.05) is 11.1 Å². The first-order valence-electron chi connectivity index (χ1n) is 7.27. The third kappa shape index (κ3) is 2.20. The van der Waals surface area contributed by atoms with E-state index in [4.69, 9.17) is 16.0 Å².